The van der Waals surface area contributed by atoms with Crippen LogP contribution in [0.25, 0.3) is 10.9 Å². The minimum atomic E-state index is -0.218. The summed E-state index contributed by atoms with van der Waals surface area (Å²) in [6, 6.07) is 17.5. The van der Waals surface area contributed by atoms with Gasteiger partial charge in [-0.05, 0) is 43.7 Å². The van der Waals surface area contributed by atoms with Crippen LogP contribution in [0.2, 0.25) is 0 Å². The van der Waals surface area contributed by atoms with Crippen molar-refractivity contribution in [2.75, 3.05) is 24.7 Å². The third-order valence-corrected chi connectivity index (χ3v) is 5.28. The lowest BCUT2D eigenvalue weighted by atomic mass is 10.1. The molecule has 144 valence electrons. The van der Waals surface area contributed by atoms with E-state index in [-0.39, 0.29) is 24.1 Å². The van der Waals surface area contributed by atoms with E-state index in [1.54, 1.807) is 7.05 Å². The molecule has 3 rings (SSSR count). The van der Waals surface area contributed by atoms with Crippen LogP contribution >= 0.6 is 11.8 Å². The Morgan fingerprint density at radius 1 is 1.07 bits per heavy atom. The van der Waals surface area contributed by atoms with Crippen molar-refractivity contribution in [3.63, 3.8) is 0 Å². The van der Waals surface area contributed by atoms with Gasteiger partial charge >= 0.3 is 0 Å². The van der Waals surface area contributed by atoms with E-state index in [0.29, 0.717) is 0 Å². The van der Waals surface area contributed by atoms with Gasteiger partial charge in [-0.15, -0.1) is 0 Å². The fourth-order valence-corrected chi connectivity index (χ4v) is 3.69. The van der Waals surface area contributed by atoms with Gasteiger partial charge in [-0.25, -0.2) is 4.98 Å². The number of pyridine rings is 1. The van der Waals surface area contributed by atoms with Gasteiger partial charge in [0.05, 0.1) is 22.8 Å². The lowest BCUT2D eigenvalue weighted by molar-refractivity contribution is -0.131. The summed E-state index contributed by atoms with van der Waals surface area (Å²) in [5.41, 5.74) is 3.90. The Balaban J connectivity index is 1.54. The number of aryl methyl sites for hydroxylation is 2. The topological polar surface area (TPSA) is 62.3 Å². The van der Waals surface area contributed by atoms with Crippen molar-refractivity contribution in [1.29, 1.82) is 0 Å². The highest BCUT2D eigenvalue weighted by Crippen LogP contribution is 2.23. The Morgan fingerprint density at radius 2 is 1.79 bits per heavy atom. The van der Waals surface area contributed by atoms with Crippen LogP contribution in [0.4, 0.5) is 5.69 Å². The molecule has 2 amide bonds. The van der Waals surface area contributed by atoms with E-state index in [1.807, 2.05) is 68.4 Å². The van der Waals surface area contributed by atoms with Crippen molar-refractivity contribution in [2.45, 2.75) is 18.9 Å². The van der Waals surface area contributed by atoms with Crippen LogP contribution < -0.4 is 5.32 Å². The van der Waals surface area contributed by atoms with E-state index in [4.69, 9.17) is 0 Å². The first kappa shape index (κ1) is 19.9. The molecule has 2 aromatic carbocycles. The molecule has 5 nitrogen and oxygen atoms in total. The smallest absolute Gasteiger partial charge is 0.243 e. The maximum Gasteiger partial charge on any atom is 0.243 e. The number of likely N-dealkylation sites (N-methyl/N-ethyl adjacent to an activating group) is 1. The zero-order valence-electron chi connectivity index (χ0n) is 16.2. The predicted octanol–water partition coefficient (Wildman–Crippen LogP) is 4.04. The monoisotopic (exact) mass is 393 g/mol. The molecule has 0 atom stereocenters. The van der Waals surface area contributed by atoms with Crippen LogP contribution in [0.3, 0.4) is 0 Å². The average molecular weight is 394 g/mol. The summed E-state index contributed by atoms with van der Waals surface area (Å²) < 4.78 is 0. The van der Waals surface area contributed by atoms with E-state index in [9.17, 15) is 9.59 Å². The highest BCUT2D eigenvalue weighted by atomic mass is 32.2. The molecule has 28 heavy (non-hydrogen) atoms. The predicted molar refractivity (Wildman–Crippen MR) is 115 cm³/mol. The van der Waals surface area contributed by atoms with Gasteiger partial charge in [0.15, 0.2) is 0 Å². The van der Waals surface area contributed by atoms with Crippen LogP contribution in [0, 0.1) is 13.8 Å². The maximum absolute atomic E-state index is 12.4. The number of carbonyl (C=O) groups excluding carboxylic acids is 2. The lowest BCUT2D eigenvalue weighted by Crippen LogP contribution is -2.35. The molecule has 0 bridgehead atoms. The third-order valence-electron chi connectivity index (χ3n) is 4.38. The van der Waals surface area contributed by atoms with Gasteiger partial charge in [-0.3, -0.25) is 9.59 Å². The van der Waals surface area contributed by atoms with Gasteiger partial charge in [0.25, 0.3) is 0 Å². The largest absolute Gasteiger partial charge is 0.336 e. The zero-order chi connectivity index (χ0) is 20.1. The second kappa shape index (κ2) is 8.89. The highest BCUT2D eigenvalue weighted by molar-refractivity contribution is 7.99. The zero-order valence-corrected chi connectivity index (χ0v) is 17.0. The van der Waals surface area contributed by atoms with Crippen molar-refractivity contribution >= 4 is 40.2 Å². The summed E-state index contributed by atoms with van der Waals surface area (Å²) in [5, 5.41) is 4.73. The molecule has 0 aliphatic carbocycles. The van der Waals surface area contributed by atoms with Gasteiger partial charge in [0.2, 0.25) is 11.8 Å². The minimum absolute atomic E-state index is 0.0114. The fraction of sp³-hybridized carbons (Fsp3) is 0.227. The van der Waals surface area contributed by atoms with Crippen LogP contribution in [0.15, 0.2) is 59.6 Å². The van der Waals surface area contributed by atoms with Crippen LogP contribution in [-0.2, 0) is 9.59 Å². The second-order valence-electron chi connectivity index (χ2n) is 6.75. The third kappa shape index (κ3) is 5.10. The molecule has 0 unspecified atom stereocenters. The Morgan fingerprint density at radius 3 is 2.54 bits per heavy atom. The van der Waals surface area contributed by atoms with E-state index in [0.717, 1.165) is 32.7 Å². The van der Waals surface area contributed by atoms with E-state index in [1.165, 1.54) is 16.7 Å². The highest BCUT2D eigenvalue weighted by Gasteiger charge is 2.14. The minimum Gasteiger partial charge on any atom is -0.336 e. The Bertz CT molecular complexity index is 1000. The molecule has 0 saturated carbocycles. The molecule has 6 heteroatoms. The first-order chi connectivity index (χ1) is 13.4. The molecule has 1 aromatic heterocycles. The number of fused-ring (bicyclic) bond motifs is 1. The Kier molecular flexibility index (Phi) is 6.31. The lowest BCUT2D eigenvalue weighted by Gasteiger charge is -2.16. The van der Waals surface area contributed by atoms with E-state index < -0.39 is 0 Å². The van der Waals surface area contributed by atoms with Gasteiger partial charge in [0, 0.05) is 18.1 Å². The summed E-state index contributed by atoms with van der Waals surface area (Å²) in [4.78, 5) is 30.6. The number of para-hydroxylation sites is 1. The number of nitrogens with one attached hydrogen (secondary N) is 1. The molecule has 1 heterocycles. The standard InChI is InChI=1S/C22H23N3O2S/c1-15-8-10-17(11-9-15)23-20(26)13-25(3)22(27)14-28-21-12-16(2)18-6-4-5-7-19(18)24-21/h4-12H,13-14H2,1-3H3,(H,23,26). The molecule has 0 aliphatic rings. The summed E-state index contributed by atoms with van der Waals surface area (Å²) in [6.45, 7) is 4.04. The number of aromatic nitrogens is 1. The quantitative estimate of drug-likeness (QED) is 0.642. The van der Waals surface area contributed by atoms with Crippen LogP contribution in [-0.4, -0.2) is 41.0 Å². The van der Waals surface area contributed by atoms with Crippen LogP contribution in [0.1, 0.15) is 11.1 Å². The normalized spacial score (nSPS) is 10.7. The number of rotatable bonds is 6. The van der Waals surface area contributed by atoms with Gasteiger partial charge in [-0.1, -0.05) is 47.7 Å². The van der Waals surface area contributed by atoms with Crippen molar-refractivity contribution in [2.24, 2.45) is 0 Å². The number of amides is 2. The molecule has 0 saturated heterocycles. The van der Waals surface area contributed by atoms with Crippen molar-refractivity contribution in [3.8, 4) is 0 Å². The van der Waals surface area contributed by atoms with Crippen LogP contribution in [0.5, 0.6) is 0 Å². The molecular weight excluding hydrogens is 370 g/mol. The summed E-state index contributed by atoms with van der Waals surface area (Å²) in [7, 11) is 1.64. The first-order valence-corrected chi connectivity index (χ1v) is 10.0. The molecule has 0 fully saturated rings. The fourth-order valence-electron chi connectivity index (χ4n) is 2.78. The van der Waals surface area contributed by atoms with Gasteiger partial charge < -0.3 is 10.2 Å². The number of carbonyl (C=O) groups is 2. The number of anilines is 1. The molecule has 0 spiro atoms. The number of hydrogen-bond donors (Lipinski definition) is 1. The Hall–Kier alpha value is -2.86. The van der Waals surface area contributed by atoms with Crippen molar-refractivity contribution in [1.82, 2.24) is 9.88 Å². The molecule has 1 N–H and O–H groups in total. The average Bonchev–Trinajstić information content (AvgIpc) is 2.68. The molecule has 0 radical (unpaired) electrons. The first-order valence-electron chi connectivity index (χ1n) is 9.02. The number of hydrogen-bond acceptors (Lipinski definition) is 4. The summed E-state index contributed by atoms with van der Waals surface area (Å²) >= 11 is 1.38. The summed E-state index contributed by atoms with van der Waals surface area (Å²) in [6.07, 6.45) is 0. The van der Waals surface area contributed by atoms with Gasteiger partial charge in [0.1, 0.15) is 0 Å². The SMILES string of the molecule is Cc1ccc(NC(=O)CN(C)C(=O)CSc2cc(C)c3ccccc3n2)cc1. The van der Waals surface area contributed by atoms with Gasteiger partial charge in [-0.2, -0.15) is 0 Å². The number of benzene rings is 2. The van der Waals surface area contributed by atoms with E-state index >= 15 is 0 Å². The van der Waals surface area contributed by atoms with E-state index in [2.05, 4.69) is 10.3 Å². The molecule has 3 aromatic rings. The van der Waals surface area contributed by atoms with Crippen molar-refractivity contribution in [3.05, 3.63) is 65.7 Å². The summed E-state index contributed by atoms with van der Waals surface area (Å²) in [5.74, 6) is -0.0972. The molecule has 0 aliphatic heterocycles. The molecular formula is C22H23N3O2S. The maximum atomic E-state index is 12.4. The Labute approximate surface area is 169 Å². The number of nitrogens with zero attached hydrogens (tertiary/aromatic N) is 2. The van der Waals surface area contributed by atoms with Crippen molar-refractivity contribution < 1.29 is 9.59 Å². The number of thioether (sulfide) groups is 1. The second-order valence-corrected chi connectivity index (χ2v) is 7.74.